The van der Waals surface area contributed by atoms with Crippen molar-refractivity contribution in [2.45, 2.75) is 12.7 Å². The molecule has 0 bridgehead atoms. The summed E-state index contributed by atoms with van der Waals surface area (Å²) in [5.41, 5.74) is 1.73. The first kappa shape index (κ1) is 9.75. The van der Waals surface area contributed by atoms with E-state index in [0.29, 0.717) is 5.56 Å². The van der Waals surface area contributed by atoms with E-state index >= 15 is 0 Å². The van der Waals surface area contributed by atoms with Gasteiger partial charge in [0.25, 0.3) is 0 Å². The number of benzene rings is 1. The first-order valence-electron chi connectivity index (χ1n) is 3.70. The Bertz CT molecular complexity index is 426. The van der Waals surface area contributed by atoms with Crippen LogP contribution in [0, 0.1) is 13.5 Å². The molecular formula is C9H9NO2S. The summed E-state index contributed by atoms with van der Waals surface area (Å²) in [4.78, 5) is 0. The summed E-state index contributed by atoms with van der Waals surface area (Å²) >= 11 is 0. The van der Waals surface area contributed by atoms with Crippen LogP contribution in [0.3, 0.4) is 0 Å². The molecule has 0 saturated heterocycles. The maximum atomic E-state index is 10.9. The molecule has 0 radical (unpaired) electrons. The molecule has 68 valence electrons. The number of rotatable bonds is 2. The molecule has 0 atom stereocenters. The third kappa shape index (κ3) is 2.88. The fraction of sp³-hybridized carbons (Fsp3) is 0.222. The molecule has 0 aliphatic carbocycles. The predicted molar refractivity (Wildman–Crippen MR) is 50.4 cm³/mol. The van der Waals surface area contributed by atoms with Crippen LogP contribution < -0.4 is 0 Å². The SMILES string of the molecule is [C-]#[N+]S(=O)(=O)Cc1ccc(C)cc1. The van der Waals surface area contributed by atoms with Gasteiger partial charge in [-0.2, -0.15) is 12.7 Å². The first-order chi connectivity index (χ1) is 6.03. The first-order valence-corrected chi connectivity index (χ1v) is 5.31. The Morgan fingerprint density at radius 2 is 1.85 bits per heavy atom. The van der Waals surface area contributed by atoms with Gasteiger partial charge in [0, 0.05) is 0 Å². The highest BCUT2D eigenvalue weighted by Crippen LogP contribution is 2.08. The third-order valence-corrected chi connectivity index (χ3v) is 2.59. The van der Waals surface area contributed by atoms with Crippen molar-refractivity contribution in [3.05, 3.63) is 46.2 Å². The summed E-state index contributed by atoms with van der Waals surface area (Å²) in [6.45, 7) is 8.36. The average molecular weight is 195 g/mol. The zero-order chi connectivity index (χ0) is 9.90. The minimum absolute atomic E-state index is 0.198. The van der Waals surface area contributed by atoms with E-state index in [1.807, 2.05) is 19.1 Å². The van der Waals surface area contributed by atoms with Crippen molar-refractivity contribution >= 4 is 10.0 Å². The van der Waals surface area contributed by atoms with E-state index in [-0.39, 0.29) is 5.75 Å². The summed E-state index contributed by atoms with van der Waals surface area (Å²) < 4.78 is 24.4. The molecule has 1 aromatic carbocycles. The van der Waals surface area contributed by atoms with E-state index in [2.05, 4.69) is 4.25 Å². The fourth-order valence-corrected chi connectivity index (χ4v) is 1.61. The minimum Gasteiger partial charge on any atom is -0.206 e. The molecule has 0 unspecified atom stereocenters. The molecule has 13 heavy (non-hydrogen) atoms. The summed E-state index contributed by atoms with van der Waals surface area (Å²) in [6, 6.07) is 7.10. The van der Waals surface area contributed by atoms with Crippen molar-refractivity contribution in [1.82, 2.24) is 0 Å². The maximum Gasteiger partial charge on any atom is 0.441 e. The van der Waals surface area contributed by atoms with Crippen molar-refractivity contribution in [3.63, 3.8) is 0 Å². The molecule has 0 aliphatic heterocycles. The minimum atomic E-state index is -3.59. The molecule has 0 spiro atoms. The number of nitrogens with zero attached hydrogens (tertiary/aromatic N) is 1. The van der Waals surface area contributed by atoms with Gasteiger partial charge in [-0.3, -0.25) is 0 Å². The van der Waals surface area contributed by atoms with Gasteiger partial charge in [0.1, 0.15) is 5.75 Å². The van der Waals surface area contributed by atoms with Crippen LogP contribution >= 0.6 is 0 Å². The monoisotopic (exact) mass is 195 g/mol. The van der Waals surface area contributed by atoms with E-state index in [0.717, 1.165) is 5.56 Å². The highest BCUT2D eigenvalue weighted by Gasteiger charge is 2.14. The summed E-state index contributed by atoms with van der Waals surface area (Å²) in [5.74, 6) is -0.198. The maximum absolute atomic E-state index is 10.9. The van der Waals surface area contributed by atoms with Crippen LogP contribution in [0.5, 0.6) is 0 Å². The Labute approximate surface area is 77.9 Å². The Morgan fingerprint density at radius 3 is 2.31 bits per heavy atom. The van der Waals surface area contributed by atoms with Gasteiger partial charge in [-0.1, -0.05) is 29.8 Å². The summed E-state index contributed by atoms with van der Waals surface area (Å²) in [6.07, 6.45) is 0. The third-order valence-electron chi connectivity index (χ3n) is 1.61. The number of hydrogen-bond acceptors (Lipinski definition) is 2. The van der Waals surface area contributed by atoms with Crippen molar-refractivity contribution in [1.29, 1.82) is 0 Å². The topological polar surface area (TPSA) is 38.5 Å². The van der Waals surface area contributed by atoms with Gasteiger partial charge in [0.05, 0.1) is 0 Å². The standard InChI is InChI=1S/C9H9NO2S/c1-8-3-5-9(6-4-8)7-13(11,12)10-2/h3-6H,7H2,1H3. The molecule has 0 fully saturated rings. The van der Waals surface area contributed by atoms with Crippen LogP contribution in [0.4, 0.5) is 0 Å². The lowest BCUT2D eigenvalue weighted by Gasteiger charge is -1.95. The Kier molecular flexibility index (Phi) is 2.69. The molecule has 3 nitrogen and oxygen atoms in total. The lowest BCUT2D eigenvalue weighted by molar-refractivity contribution is 0.603. The lowest BCUT2D eigenvalue weighted by atomic mass is 10.2. The van der Waals surface area contributed by atoms with E-state index < -0.39 is 10.0 Å². The van der Waals surface area contributed by atoms with Gasteiger partial charge in [-0.15, -0.1) is 0 Å². The van der Waals surface area contributed by atoms with E-state index in [4.69, 9.17) is 6.57 Å². The van der Waals surface area contributed by atoms with Gasteiger partial charge in [0.15, 0.2) is 0 Å². The van der Waals surface area contributed by atoms with Crippen molar-refractivity contribution < 1.29 is 8.42 Å². The van der Waals surface area contributed by atoms with Crippen molar-refractivity contribution in [3.8, 4) is 0 Å². The Balaban J connectivity index is 2.90. The largest absolute Gasteiger partial charge is 0.441 e. The molecule has 0 N–H and O–H groups in total. The van der Waals surface area contributed by atoms with Crippen LogP contribution in [-0.4, -0.2) is 8.42 Å². The molecule has 1 rings (SSSR count). The average Bonchev–Trinajstić information content (AvgIpc) is 2.09. The highest BCUT2D eigenvalue weighted by atomic mass is 32.2. The zero-order valence-electron chi connectivity index (χ0n) is 7.19. The second-order valence-corrected chi connectivity index (χ2v) is 4.44. The molecule has 0 amide bonds. The Hall–Kier alpha value is -1.34. The van der Waals surface area contributed by atoms with Crippen LogP contribution in [0.15, 0.2) is 24.3 Å². The van der Waals surface area contributed by atoms with Crippen LogP contribution in [0.25, 0.3) is 4.25 Å². The van der Waals surface area contributed by atoms with Gasteiger partial charge >= 0.3 is 10.0 Å². The molecule has 0 heterocycles. The van der Waals surface area contributed by atoms with Crippen molar-refractivity contribution in [2.24, 2.45) is 0 Å². The van der Waals surface area contributed by atoms with Gasteiger partial charge in [-0.25, -0.2) is 6.57 Å². The Morgan fingerprint density at radius 1 is 1.31 bits per heavy atom. The molecular weight excluding hydrogens is 186 g/mol. The zero-order valence-corrected chi connectivity index (χ0v) is 8.00. The molecule has 0 aliphatic rings. The van der Waals surface area contributed by atoms with E-state index in [1.54, 1.807) is 12.1 Å². The quantitative estimate of drug-likeness (QED) is 0.674. The summed E-state index contributed by atoms with van der Waals surface area (Å²) in [7, 11) is -3.59. The second-order valence-electron chi connectivity index (χ2n) is 2.80. The number of sulfonamides is 1. The van der Waals surface area contributed by atoms with Gasteiger partial charge < -0.3 is 0 Å². The number of aryl methyl sites for hydroxylation is 1. The highest BCUT2D eigenvalue weighted by molar-refractivity contribution is 7.92. The molecule has 1 aromatic rings. The van der Waals surface area contributed by atoms with Gasteiger partial charge in [0.2, 0.25) is 0 Å². The van der Waals surface area contributed by atoms with Gasteiger partial charge in [-0.05, 0) is 12.5 Å². The molecule has 0 aromatic heterocycles. The van der Waals surface area contributed by atoms with Crippen LogP contribution in [0.1, 0.15) is 11.1 Å². The second kappa shape index (κ2) is 3.58. The van der Waals surface area contributed by atoms with E-state index in [1.165, 1.54) is 0 Å². The lowest BCUT2D eigenvalue weighted by Crippen LogP contribution is -1.97. The predicted octanol–water partition coefficient (Wildman–Crippen LogP) is 1.74. The van der Waals surface area contributed by atoms with E-state index in [9.17, 15) is 8.42 Å². The number of hydrogen-bond donors (Lipinski definition) is 0. The molecule has 4 heteroatoms. The smallest absolute Gasteiger partial charge is 0.206 e. The van der Waals surface area contributed by atoms with Crippen LogP contribution in [-0.2, 0) is 15.8 Å². The molecule has 0 saturated carbocycles. The van der Waals surface area contributed by atoms with Crippen LogP contribution in [0.2, 0.25) is 0 Å². The summed E-state index contributed by atoms with van der Waals surface area (Å²) in [5, 5.41) is 0. The fourth-order valence-electron chi connectivity index (χ4n) is 0.927. The van der Waals surface area contributed by atoms with Crippen molar-refractivity contribution in [2.75, 3.05) is 0 Å². The normalized spacial score (nSPS) is 10.8.